The summed E-state index contributed by atoms with van der Waals surface area (Å²) in [5.74, 6) is -0.738. The van der Waals surface area contributed by atoms with E-state index in [1.54, 1.807) is 18.2 Å². The molecule has 0 aliphatic heterocycles. The van der Waals surface area contributed by atoms with Crippen LogP contribution in [0.15, 0.2) is 94.4 Å². The van der Waals surface area contributed by atoms with E-state index in [0.717, 1.165) is 28.2 Å². The van der Waals surface area contributed by atoms with Gasteiger partial charge in [-0.25, -0.2) is 9.78 Å². The van der Waals surface area contributed by atoms with Crippen LogP contribution in [0.3, 0.4) is 0 Å². The van der Waals surface area contributed by atoms with Crippen molar-refractivity contribution < 1.29 is 22.4 Å². The molecule has 0 saturated heterocycles. The van der Waals surface area contributed by atoms with Gasteiger partial charge in [0.25, 0.3) is 5.91 Å². The number of halogens is 3. The zero-order valence-electron chi connectivity index (χ0n) is 19.4. The van der Waals surface area contributed by atoms with Gasteiger partial charge in [0.2, 0.25) is 0 Å². The predicted octanol–water partition coefficient (Wildman–Crippen LogP) is 6.82. The molecular formula is C28H16F3N3O3S. The molecule has 0 aliphatic rings. The van der Waals surface area contributed by atoms with Crippen LogP contribution < -0.4 is 10.5 Å². The lowest BCUT2D eigenvalue weighted by molar-refractivity contribution is -0.136. The highest BCUT2D eigenvalue weighted by Crippen LogP contribution is 2.39. The Hall–Kier alpha value is -4.57. The third-order valence-corrected chi connectivity index (χ3v) is 7.20. The molecule has 3 aromatic heterocycles. The second-order valence-electron chi connectivity index (χ2n) is 8.54. The molecule has 0 spiro atoms. The Kier molecular flexibility index (Phi) is 5.68. The number of carbonyl (C=O) groups excluding carboxylic acids is 1. The van der Waals surface area contributed by atoms with Gasteiger partial charge >= 0.3 is 11.8 Å². The van der Waals surface area contributed by atoms with Crippen molar-refractivity contribution in [3.05, 3.63) is 112 Å². The van der Waals surface area contributed by atoms with Crippen molar-refractivity contribution in [2.45, 2.75) is 12.7 Å². The zero-order chi connectivity index (χ0) is 26.4. The van der Waals surface area contributed by atoms with Crippen molar-refractivity contribution in [2.75, 3.05) is 4.90 Å². The summed E-state index contributed by atoms with van der Waals surface area (Å²) >= 11 is 0.936. The van der Waals surface area contributed by atoms with Crippen molar-refractivity contribution in [3.63, 3.8) is 0 Å². The normalized spacial score (nSPS) is 11.9. The minimum Gasteiger partial charge on any atom is -0.422 e. The van der Waals surface area contributed by atoms with Gasteiger partial charge in [0, 0.05) is 17.8 Å². The molecule has 38 heavy (non-hydrogen) atoms. The molecule has 0 saturated carbocycles. The molecule has 1 amide bonds. The zero-order valence-corrected chi connectivity index (χ0v) is 20.2. The van der Waals surface area contributed by atoms with Crippen LogP contribution in [0.25, 0.3) is 32.0 Å². The lowest BCUT2D eigenvalue weighted by atomic mass is 10.0. The van der Waals surface area contributed by atoms with Crippen LogP contribution in [0.5, 0.6) is 0 Å². The summed E-state index contributed by atoms with van der Waals surface area (Å²) in [5.41, 5.74) is -1.29. The number of rotatable bonds is 4. The van der Waals surface area contributed by atoms with Crippen molar-refractivity contribution in [2.24, 2.45) is 0 Å². The topological polar surface area (TPSA) is 76.3 Å². The van der Waals surface area contributed by atoms with E-state index in [4.69, 9.17) is 4.42 Å². The summed E-state index contributed by atoms with van der Waals surface area (Å²) in [6.07, 6.45) is -1.55. The Morgan fingerprint density at radius 2 is 1.74 bits per heavy atom. The second kappa shape index (κ2) is 9.07. The smallest absolute Gasteiger partial charge is 0.418 e. The van der Waals surface area contributed by atoms with E-state index in [1.165, 1.54) is 35.5 Å². The van der Waals surface area contributed by atoms with E-state index >= 15 is 0 Å². The van der Waals surface area contributed by atoms with E-state index in [0.29, 0.717) is 16.5 Å². The molecule has 188 valence electrons. The molecule has 0 unspecified atom stereocenters. The van der Waals surface area contributed by atoms with E-state index in [9.17, 15) is 22.8 Å². The highest BCUT2D eigenvalue weighted by atomic mass is 32.1. The second-order valence-corrected chi connectivity index (χ2v) is 9.55. The summed E-state index contributed by atoms with van der Waals surface area (Å²) in [7, 11) is 0. The minimum absolute atomic E-state index is 0.0240. The molecule has 6 aromatic rings. The van der Waals surface area contributed by atoms with Gasteiger partial charge in [-0.2, -0.15) is 13.2 Å². The van der Waals surface area contributed by atoms with Gasteiger partial charge in [-0.3, -0.25) is 14.7 Å². The van der Waals surface area contributed by atoms with Crippen molar-refractivity contribution >= 4 is 54.3 Å². The minimum atomic E-state index is -4.62. The van der Waals surface area contributed by atoms with Gasteiger partial charge in [0.15, 0.2) is 5.13 Å². The molecule has 0 radical (unpaired) electrons. The summed E-state index contributed by atoms with van der Waals surface area (Å²) in [4.78, 5) is 36.3. The number of amides is 1. The van der Waals surface area contributed by atoms with Gasteiger partial charge in [-0.05, 0) is 52.7 Å². The lowest BCUT2D eigenvalue weighted by Crippen LogP contribution is -2.33. The molecule has 3 heterocycles. The highest BCUT2D eigenvalue weighted by Gasteiger charge is 2.34. The van der Waals surface area contributed by atoms with Crippen LogP contribution in [0, 0.1) is 0 Å². The fourth-order valence-electron chi connectivity index (χ4n) is 4.34. The Balaban J connectivity index is 1.53. The Labute approximate surface area is 216 Å². The molecule has 0 aliphatic carbocycles. The number of anilines is 1. The van der Waals surface area contributed by atoms with Crippen LogP contribution in [0.2, 0.25) is 0 Å². The number of benzene rings is 3. The largest absolute Gasteiger partial charge is 0.422 e. The number of fused-ring (bicyclic) bond motifs is 4. The number of nitrogens with zero attached hydrogens (tertiary/aromatic N) is 3. The molecular weight excluding hydrogens is 515 g/mol. The molecule has 0 N–H and O–H groups in total. The van der Waals surface area contributed by atoms with Crippen LogP contribution in [0.1, 0.15) is 21.5 Å². The Morgan fingerprint density at radius 1 is 0.947 bits per heavy atom. The molecule has 6 nitrogen and oxygen atoms in total. The first kappa shape index (κ1) is 23.8. The number of pyridine rings is 1. The monoisotopic (exact) mass is 531 g/mol. The maximum Gasteiger partial charge on any atom is 0.418 e. The van der Waals surface area contributed by atoms with Crippen molar-refractivity contribution in [3.8, 4) is 0 Å². The maximum absolute atomic E-state index is 13.9. The Bertz CT molecular complexity index is 1900. The highest BCUT2D eigenvalue weighted by molar-refractivity contribution is 7.22. The molecule has 0 fully saturated rings. The quantitative estimate of drug-likeness (QED) is 0.184. The third-order valence-electron chi connectivity index (χ3n) is 6.15. The maximum atomic E-state index is 13.9. The van der Waals surface area contributed by atoms with Gasteiger partial charge < -0.3 is 4.42 Å². The van der Waals surface area contributed by atoms with Gasteiger partial charge in [0.1, 0.15) is 11.1 Å². The molecule has 0 bridgehead atoms. The Morgan fingerprint density at radius 3 is 2.53 bits per heavy atom. The molecule has 10 heteroatoms. The number of carbonyl (C=O) groups is 1. The van der Waals surface area contributed by atoms with Crippen LogP contribution in [-0.2, 0) is 12.7 Å². The van der Waals surface area contributed by atoms with Gasteiger partial charge in [-0.1, -0.05) is 47.7 Å². The van der Waals surface area contributed by atoms with Crippen molar-refractivity contribution in [1.82, 2.24) is 9.97 Å². The summed E-state index contributed by atoms with van der Waals surface area (Å²) < 4.78 is 46.7. The summed E-state index contributed by atoms with van der Waals surface area (Å²) in [6, 6.07) is 19.5. The summed E-state index contributed by atoms with van der Waals surface area (Å²) in [6.45, 7) is -0.0461. The molecule has 6 rings (SSSR count). The number of hydrogen-bond acceptors (Lipinski definition) is 6. The average Bonchev–Trinajstić information content (AvgIpc) is 3.35. The third kappa shape index (κ3) is 4.18. The molecule has 3 aromatic carbocycles. The van der Waals surface area contributed by atoms with Crippen LogP contribution in [-0.4, -0.2) is 15.9 Å². The van der Waals surface area contributed by atoms with Crippen LogP contribution >= 0.6 is 11.3 Å². The number of alkyl halides is 3. The number of hydrogen-bond donors (Lipinski definition) is 0. The van der Waals surface area contributed by atoms with E-state index in [-0.39, 0.29) is 27.5 Å². The predicted molar refractivity (Wildman–Crippen MR) is 139 cm³/mol. The van der Waals surface area contributed by atoms with Gasteiger partial charge in [0.05, 0.1) is 22.3 Å². The SMILES string of the molecule is O=C(c1cc2c(ccc3ccccc32)oc1=O)N(Cc1ccncc1)c1nc2c(C(F)(F)F)cccc2s1. The standard InChI is InChI=1S/C28H16F3N3O3S/c29-28(30,31)21-6-3-7-23-24(21)33-27(38-23)34(15-16-10-12-32-13-11-16)25(35)20-14-19-18-5-2-1-4-17(18)8-9-22(19)37-26(20)36/h1-14H,15H2. The number of thiazole rings is 1. The van der Waals surface area contributed by atoms with Crippen molar-refractivity contribution in [1.29, 1.82) is 0 Å². The number of aromatic nitrogens is 2. The number of para-hydroxylation sites is 1. The fourth-order valence-corrected chi connectivity index (χ4v) is 5.33. The molecule has 0 atom stereocenters. The first-order chi connectivity index (χ1) is 18.3. The van der Waals surface area contributed by atoms with E-state index in [1.807, 2.05) is 30.3 Å². The summed E-state index contributed by atoms with van der Waals surface area (Å²) in [5, 5.41) is 2.28. The first-order valence-corrected chi connectivity index (χ1v) is 12.2. The first-order valence-electron chi connectivity index (χ1n) is 11.4. The van der Waals surface area contributed by atoms with Gasteiger partial charge in [-0.15, -0.1) is 0 Å². The van der Waals surface area contributed by atoms with E-state index in [2.05, 4.69) is 9.97 Å². The van der Waals surface area contributed by atoms with Crippen LogP contribution in [0.4, 0.5) is 18.3 Å². The fraction of sp³-hybridized carbons (Fsp3) is 0.0714. The average molecular weight is 532 g/mol. The lowest BCUT2D eigenvalue weighted by Gasteiger charge is -2.20. The van der Waals surface area contributed by atoms with E-state index < -0.39 is 23.3 Å².